The van der Waals surface area contributed by atoms with Crippen molar-refractivity contribution in [1.29, 1.82) is 0 Å². The minimum atomic E-state index is -4.13. The van der Waals surface area contributed by atoms with Gasteiger partial charge >= 0.3 is 19.5 Å². The van der Waals surface area contributed by atoms with E-state index in [-0.39, 0.29) is 45.9 Å². The van der Waals surface area contributed by atoms with E-state index in [9.17, 15) is 18.9 Å². The maximum absolute atomic E-state index is 12.0. The Hall–Kier alpha value is 0.843. The number of hydrogen-bond acceptors (Lipinski definition) is 8. The summed E-state index contributed by atoms with van der Waals surface area (Å²) in [6, 6.07) is 0. The summed E-state index contributed by atoms with van der Waals surface area (Å²) in [5.74, 6) is 0. The summed E-state index contributed by atoms with van der Waals surface area (Å²) in [7, 11) is -8.26. The number of hydrogen-bond donors (Lipinski definition) is 0. The second-order valence-corrected chi connectivity index (χ2v) is 33.9. The Morgan fingerprint density at radius 1 is 0.152 bits per heavy atom. The van der Waals surface area contributed by atoms with Crippen LogP contribution in [0.2, 0.25) is 0 Å². The van der Waals surface area contributed by atoms with Gasteiger partial charge in [-0.2, -0.15) is 0 Å². The molecule has 0 aliphatic rings. The Morgan fingerprint density at radius 2 is 0.222 bits per heavy atom. The Bertz CT molecular complexity index is 1300. The molecule has 0 rings (SSSR count). The first kappa shape index (κ1) is 104. The standard InChI is InChI=1S/2C44H91O4P.Zn/c2*1-3-5-7-9-11-13-15-17-19-21-23-25-27-29-31-33-35-37-39-41-43-47-49(45,46)48-44-42-40-38-36-34-32-30-28-26-24-22-20-18-16-14-12-10-8-6-4-2;/h2*3-44H2,1-2H3,(H,45,46);/q;;+2/p-2. The van der Waals surface area contributed by atoms with Crippen molar-refractivity contribution < 1.29 is 56.5 Å². The van der Waals surface area contributed by atoms with Gasteiger partial charge in [0.05, 0.1) is 26.4 Å². The quantitative estimate of drug-likeness (QED) is 0.0336. The zero-order chi connectivity index (χ0) is 71.2. The number of unbranched alkanes of at least 4 members (excludes halogenated alkanes) is 76. The van der Waals surface area contributed by atoms with Gasteiger partial charge in [-0.3, -0.25) is 9.13 Å². The molecule has 0 bridgehead atoms. The molecule has 0 N–H and O–H groups in total. The van der Waals surface area contributed by atoms with Crippen LogP contribution in [-0.4, -0.2) is 26.4 Å². The van der Waals surface area contributed by atoms with Crippen LogP contribution in [0, 0.1) is 0 Å². The molecule has 0 heterocycles. The van der Waals surface area contributed by atoms with Crippen molar-refractivity contribution in [2.75, 3.05) is 26.4 Å². The second kappa shape index (κ2) is 93.0. The topological polar surface area (TPSA) is 117 Å². The maximum Gasteiger partial charge on any atom is 2.00 e. The predicted molar refractivity (Wildman–Crippen MR) is 431 cm³/mol. The number of phosphoric acid groups is 2. The third-order valence-corrected chi connectivity index (χ3v) is 23.0. The Morgan fingerprint density at radius 3 is 0.303 bits per heavy atom. The molecule has 592 valence electrons. The van der Waals surface area contributed by atoms with Crippen molar-refractivity contribution in [1.82, 2.24) is 0 Å². The zero-order valence-electron chi connectivity index (χ0n) is 68.3. The van der Waals surface area contributed by atoms with E-state index in [0.717, 1.165) is 51.4 Å². The van der Waals surface area contributed by atoms with Gasteiger partial charge in [-0.15, -0.1) is 0 Å². The van der Waals surface area contributed by atoms with Crippen molar-refractivity contribution in [3.63, 3.8) is 0 Å². The molecule has 0 unspecified atom stereocenters. The fourth-order valence-corrected chi connectivity index (χ4v) is 15.8. The summed E-state index contributed by atoms with van der Waals surface area (Å²) >= 11 is 0. The van der Waals surface area contributed by atoms with Gasteiger partial charge in [0.1, 0.15) is 0 Å². The first-order valence-corrected chi connectivity index (χ1v) is 48.4. The van der Waals surface area contributed by atoms with Gasteiger partial charge in [0, 0.05) is 0 Å². The van der Waals surface area contributed by atoms with Gasteiger partial charge in [-0.05, 0) is 25.7 Å². The van der Waals surface area contributed by atoms with Gasteiger partial charge in [-0.1, -0.05) is 516 Å². The molecule has 99 heavy (non-hydrogen) atoms. The van der Waals surface area contributed by atoms with Gasteiger partial charge in [0.2, 0.25) is 0 Å². The molecule has 0 spiro atoms. The van der Waals surface area contributed by atoms with E-state index in [0.29, 0.717) is 0 Å². The predicted octanol–water partition coefficient (Wildman–Crippen LogP) is 32.3. The van der Waals surface area contributed by atoms with E-state index < -0.39 is 15.6 Å². The Labute approximate surface area is 636 Å². The molecule has 11 heteroatoms. The van der Waals surface area contributed by atoms with Crippen LogP contribution in [0.1, 0.15) is 541 Å². The minimum absolute atomic E-state index is 0. The van der Waals surface area contributed by atoms with Gasteiger partial charge in [0.25, 0.3) is 15.6 Å². The molecule has 0 fully saturated rings. The summed E-state index contributed by atoms with van der Waals surface area (Å²) in [6.07, 6.45) is 107. The molecule has 0 aliphatic heterocycles. The molecule has 0 saturated carbocycles. The SMILES string of the molecule is CCCCCCCCCCCCCCCCCCCCCCOP(=O)([O-])OCCCCCCCCCCCCCCCCCCCCCC.CCCCCCCCCCCCCCCCCCCCCCOP(=O)([O-])OCCCCCCCCCCCCCCCCCCCCCC.[Zn+2]. The van der Waals surface area contributed by atoms with E-state index >= 15 is 0 Å². The molecular weight excluding hydrogens is 1310 g/mol. The fraction of sp³-hybridized carbons (Fsp3) is 1.00. The third kappa shape index (κ3) is 98.8. The minimum Gasteiger partial charge on any atom is -0.756 e. The van der Waals surface area contributed by atoms with E-state index in [4.69, 9.17) is 18.1 Å². The zero-order valence-corrected chi connectivity index (χ0v) is 73.0. The number of rotatable bonds is 88. The largest absolute Gasteiger partial charge is 2.00 e. The third-order valence-electron chi connectivity index (χ3n) is 21.0. The van der Waals surface area contributed by atoms with Gasteiger partial charge < -0.3 is 27.9 Å². The molecule has 8 nitrogen and oxygen atoms in total. The van der Waals surface area contributed by atoms with Crippen LogP contribution in [0.3, 0.4) is 0 Å². The van der Waals surface area contributed by atoms with E-state index in [1.165, 1.54) is 462 Å². The molecule has 0 aromatic rings. The van der Waals surface area contributed by atoms with Crippen molar-refractivity contribution in [2.45, 2.75) is 541 Å². The van der Waals surface area contributed by atoms with Crippen molar-refractivity contribution >= 4 is 15.6 Å². The first-order chi connectivity index (χ1) is 48.2. The summed E-state index contributed by atoms with van der Waals surface area (Å²) in [6.45, 7) is 10.2. The monoisotopic (exact) mass is 1490 g/mol. The van der Waals surface area contributed by atoms with Gasteiger partial charge in [-0.25, -0.2) is 0 Å². The van der Waals surface area contributed by atoms with Crippen molar-refractivity contribution in [3.8, 4) is 0 Å². The molecular formula is C88H180O8P2Zn. The molecule has 0 radical (unpaired) electrons. The van der Waals surface area contributed by atoms with Crippen LogP contribution in [0.4, 0.5) is 0 Å². The molecule has 0 aromatic carbocycles. The molecule has 0 saturated heterocycles. The van der Waals surface area contributed by atoms with Crippen LogP contribution in [0.5, 0.6) is 0 Å². The molecule has 0 amide bonds. The second-order valence-electron chi connectivity index (χ2n) is 31.1. The average Bonchev–Trinajstić information content (AvgIpc) is 1.78. The summed E-state index contributed by atoms with van der Waals surface area (Å²) < 4.78 is 44.4. The summed E-state index contributed by atoms with van der Waals surface area (Å²) in [5.41, 5.74) is 0. The molecule has 0 aliphatic carbocycles. The van der Waals surface area contributed by atoms with Crippen LogP contribution in [-0.2, 0) is 46.7 Å². The van der Waals surface area contributed by atoms with Gasteiger partial charge in [0.15, 0.2) is 0 Å². The van der Waals surface area contributed by atoms with Crippen molar-refractivity contribution in [3.05, 3.63) is 0 Å². The Balaban J connectivity index is -0.00000184. The van der Waals surface area contributed by atoms with Crippen molar-refractivity contribution in [2.24, 2.45) is 0 Å². The smallest absolute Gasteiger partial charge is 0.756 e. The molecule has 0 aromatic heterocycles. The maximum atomic E-state index is 12.0. The summed E-state index contributed by atoms with van der Waals surface area (Å²) in [5, 5.41) is 0. The Kier molecular flexibility index (Phi) is 97.8. The molecule has 0 atom stereocenters. The normalized spacial score (nSPS) is 11.9. The van der Waals surface area contributed by atoms with Crippen LogP contribution < -0.4 is 9.79 Å². The van der Waals surface area contributed by atoms with E-state index in [2.05, 4.69) is 27.7 Å². The summed E-state index contributed by atoms with van der Waals surface area (Å²) in [4.78, 5) is 24.0. The van der Waals surface area contributed by atoms with Crippen LogP contribution in [0.25, 0.3) is 0 Å². The fourth-order valence-electron chi connectivity index (χ4n) is 14.2. The number of phosphoric ester groups is 2. The van der Waals surface area contributed by atoms with E-state index in [1.807, 2.05) is 0 Å². The first-order valence-electron chi connectivity index (χ1n) is 45.4. The van der Waals surface area contributed by atoms with Crippen LogP contribution in [0.15, 0.2) is 0 Å². The van der Waals surface area contributed by atoms with Crippen LogP contribution >= 0.6 is 15.6 Å². The van der Waals surface area contributed by atoms with E-state index in [1.54, 1.807) is 0 Å². The average molecular weight is 1490 g/mol.